The molecule has 3 rings (SSSR count). The minimum atomic E-state index is -1.01. The molecule has 0 saturated heterocycles. The molecule has 2 aromatic carbocycles. The Labute approximate surface area is 148 Å². The Bertz CT molecular complexity index is 922. The zero-order chi connectivity index (χ0) is 17.8. The van der Waals surface area contributed by atoms with Gasteiger partial charge in [0, 0.05) is 22.3 Å². The second-order valence-electron chi connectivity index (χ2n) is 5.41. The van der Waals surface area contributed by atoms with Gasteiger partial charge in [0.2, 0.25) is 5.91 Å². The van der Waals surface area contributed by atoms with Gasteiger partial charge in [-0.15, -0.1) is 0 Å². The van der Waals surface area contributed by atoms with Crippen LogP contribution in [0.5, 0.6) is 0 Å². The molecule has 6 nitrogen and oxygen atoms in total. The van der Waals surface area contributed by atoms with Crippen LogP contribution in [-0.4, -0.2) is 28.5 Å². The van der Waals surface area contributed by atoms with Crippen molar-refractivity contribution in [3.8, 4) is 0 Å². The predicted octanol–water partition coefficient (Wildman–Crippen LogP) is 2.59. The molecule has 0 aliphatic heterocycles. The van der Waals surface area contributed by atoms with Gasteiger partial charge in [0.1, 0.15) is 5.69 Å². The highest BCUT2D eigenvalue weighted by Crippen LogP contribution is 2.37. The molecule has 3 aromatic rings. The number of nitrogens with one attached hydrogen (secondary N) is 2. The standard InChI is InChI=1S/C18H17N3O3S/c19-9-15(22)20-10-11-6-7-13-14(8-11)21-16(18(23)24)17(13)25-12-4-2-1-3-5-12/h1-8,21H,9-10,19H2,(H,20,22)(H,23,24). The number of hydrogen-bond acceptors (Lipinski definition) is 4. The van der Waals surface area contributed by atoms with E-state index in [0.717, 1.165) is 21.4 Å². The summed E-state index contributed by atoms with van der Waals surface area (Å²) in [6.45, 7) is 0.278. The monoisotopic (exact) mass is 355 g/mol. The lowest BCUT2D eigenvalue weighted by atomic mass is 10.1. The lowest BCUT2D eigenvalue weighted by Gasteiger charge is -2.05. The number of fused-ring (bicyclic) bond motifs is 1. The first kappa shape index (κ1) is 17.1. The van der Waals surface area contributed by atoms with Crippen molar-refractivity contribution < 1.29 is 14.7 Å². The number of H-pyrrole nitrogens is 1. The van der Waals surface area contributed by atoms with Crippen molar-refractivity contribution in [2.75, 3.05) is 6.54 Å². The molecular weight excluding hydrogens is 338 g/mol. The fourth-order valence-electron chi connectivity index (χ4n) is 2.46. The van der Waals surface area contributed by atoms with Gasteiger partial charge in [0.25, 0.3) is 0 Å². The lowest BCUT2D eigenvalue weighted by molar-refractivity contribution is -0.119. The minimum absolute atomic E-state index is 0.0637. The SMILES string of the molecule is NCC(=O)NCc1ccc2c(Sc3ccccc3)c(C(=O)O)[nH]c2c1. The number of amides is 1. The van der Waals surface area contributed by atoms with E-state index in [1.54, 1.807) is 0 Å². The van der Waals surface area contributed by atoms with Crippen LogP contribution in [0.2, 0.25) is 0 Å². The van der Waals surface area contributed by atoms with Gasteiger partial charge in [-0.05, 0) is 23.8 Å². The van der Waals surface area contributed by atoms with E-state index in [4.69, 9.17) is 5.73 Å². The first-order valence-corrected chi connectivity index (χ1v) is 8.47. The molecule has 1 amide bonds. The lowest BCUT2D eigenvalue weighted by Crippen LogP contribution is -2.29. The summed E-state index contributed by atoms with van der Waals surface area (Å²) in [6.07, 6.45) is 0. The summed E-state index contributed by atoms with van der Waals surface area (Å²) in [7, 11) is 0. The molecule has 0 aliphatic rings. The largest absolute Gasteiger partial charge is 0.477 e. The topological polar surface area (TPSA) is 108 Å². The van der Waals surface area contributed by atoms with Crippen molar-refractivity contribution in [2.45, 2.75) is 16.3 Å². The number of aromatic carboxylic acids is 1. The van der Waals surface area contributed by atoms with Crippen molar-refractivity contribution in [1.82, 2.24) is 10.3 Å². The number of hydrogen-bond donors (Lipinski definition) is 4. The van der Waals surface area contributed by atoms with Crippen LogP contribution in [0.3, 0.4) is 0 Å². The zero-order valence-electron chi connectivity index (χ0n) is 13.3. The Morgan fingerprint density at radius 1 is 1.16 bits per heavy atom. The van der Waals surface area contributed by atoms with Crippen LogP contribution < -0.4 is 11.1 Å². The van der Waals surface area contributed by atoms with E-state index in [0.29, 0.717) is 11.4 Å². The van der Waals surface area contributed by atoms with Crippen LogP contribution in [0.1, 0.15) is 16.1 Å². The van der Waals surface area contributed by atoms with Crippen molar-refractivity contribution in [3.63, 3.8) is 0 Å². The number of carbonyl (C=O) groups is 2. The normalized spacial score (nSPS) is 10.8. The van der Waals surface area contributed by atoms with Crippen LogP contribution in [0.4, 0.5) is 0 Å². The minimum Gasteiger partial charge on any atom is -0.477 e. The Morgan fingerprint density at radius 2 is 1.92 bits per heavy atom. The fourth-order valence-corrected chi connectivity index (χ4v) is 3.52. The molecule has 0 spiro atoms. The van der Waals surface area contributed by atoms with Crippen molar-refractivity contribution in [1.29, 1.82) is 0 Å². The van der Waals surface area contributed by atoms with Crippen LogP contribution in [0.25, 0.3) is 10.9 Å². The number of carboxylic acids is 1. The molecule has 0 unspecified atom stereocenters. The van der Waals surface area contributed by atoms with Gasteiger partial charge in [-0.2, -0.15) is 0 Å². The number of nitrogens with two attached hydrogens (primary N) is 1. The molecule has 128 valence electrons. The summed E-state index contributed by atoms with van der Waals surface area (Å²) >= 11 is 1.41. The van der Waals surface area contributed by atoms with E-state index >= 15 is 0 Å². The van der Waals surface area contributed by atoms with Gasteiger partial charge in [-0.3, -0.25) is 4.79 Å². The number of benzene rings is 2. The van der Waals surface area contributed by atoms with Crippen molar-refractivity contribution in [2.24, 2.45) is 5.73 Å². The highest BCUT2D eigenvalue weighted by molar-refractivity contribution is 7.99. The van der Waals surface area contributed by atoms with E-state index in [1.165, 1.54) is 11.8 Å². The maximum Gasteiger partial charge on any atom is 0.353 e. The third-order valence-electron chi connectivity index (χ3n) is 3.67. The Hall–Kier alpha value is -2.77. The molecule has 0 fully saturated rings. The maximum absolute atomic E-state index is 11.6. The van der Waals surface area contributed by atoms with Gasteiger partial charge in [0.05, 0.1) is 11.4 Å². The Kier molecular flexibility index (Phi) is 5.06. The molecule has 1 heterocycles. The Balaban J connectivity index is 1.96. The summed E-state index contributed by atoms with van der Waals surface area (Å²) in [6, 6.07) is 15.2. The Morgan fingerprint density at radius 3 is 2.60 bits per heavy atom. The smallest absolute Gasteiger partial charge is 0.353 e. The van der Waals surface area contributed by atoms with E-state index < -0.39 is 5.97 Å². The van der Waals surface area contributed by atoms with E-state index in [1.807, 2.05) is 48.5 Å². The number of rotatable bonds is 6. The average Bonchev–Trinajstić information content (AvgIpc) is 2.98. The molecule has 0 aliphatic carbocycles. The third-order valence-corrected chi connectivity index (χ3v) is 4.80. The molecular formula is C18H17N3O3S. The second kappa shape index (κ2) is 7.42. The number of aromatic nitrogens is 1. The zero-order valence-corrected chi connectivity index (χ0v) is 14.1. The number of aromatic amines is 1. The second-order valence-corrected chi connectivity index (χ2v) is 6.49. The summed E-state index contributed by atoms with van der Waals surface area (Å²) in [5.74, 6) is -1.24. The average molecular weight is 355 g/mol. The van der Waals surface area contributed by atoms with Gasteiger partial charge in [0.15, 0.2) is 0 Å². The van der Waals surface area contributed by atoms with E-state index in [9.17, 15) is 14.7 Å². The van der Waals surface area contributed by atoms with Gasteiger partial charge >= 0.3 is 5.97 Å². The fraction of sp³-hybridized carbons (Fsp3) is 0.111. The summed E-state index contributed by atoms with van der Waals surface area (Å²) in [5.41, 5.74) is 7.01. The predicted molar refractivity (Wildman–Crippen MR) is 96.7 cm³/mol. The summed E-state index contributed by atoms with van der Waals surface area (Å²) in [4.78, 5) is 27.5. The first-order chi connectivity index (χ1) is 12.1. The molecule has 0 bridgehead atoms. The van der Waals surface area contributed by atoms with Crippen molar-refractivity contribution in [3.05, 3.63) is 59.8 Å². The van der Waals surface area contributed by atoms with E-state index in [2.05, 4.69) is 10.3 Å². The highest BCUT2D eigenvalue weighted by Gasteiger charge is 2.18. The molecule has 25 heavy (non-hydrogen) atoms. The summed E-state index contributed by atoms with van der Waals surface area (Å²) in [5, 5.41) is 13.0. The first-order valence-electron chi connectivity index (χ1n) is 7.66. The molecule has 0 saturated carbocycles. The highest BCUT2D eigenvalue weighted by atomic mass is 32.2. The van der Waals surface area contributed by atoms with E-state index in [-0.39, 0.29) is 18.1 Å². The van der Waals surface area contributed by atoms with Gasteiger partial charge in [-0.1, -0.05) is 42.1 Å². The quantitative estimate of drug-likeness (QED) is 0.543. The third kappa shape index (κ3) is 3.84. The van der Waals surface area contributed by atoms with Crippen LogP contribution in [-0.2, 0) is 11.3 Å². The molecule has 7 heteroatoms. The number of carbonyl (C=O) groups excluding carboxylic acids is 1. The van der Waals surface area contributed by atoms with Crippen LogP contribution in [0.15, 0.2) is 58.3 Å². The number of carboxylic acid groups (broad SMARTS) is 1. The molecule has 1 aromatic heterocycles. The van der Waals surface area contributed by atoms with Crippen LogP contribution >= 0.6 is 11.8 Å². The van der Waals surface area contributed by atoms with Crippen molar-refractivity contribution >= 4 is 34.5 Å². The molecule has 5 N–H and O–H groups in total. The summed E-state index contributed by atoms with van der Waals surface area (Å²) < 4.78 is 0. The maximum atomic E-state index is 11.6. The van der Waals surface area contributed by atoms with Gasteiger partial charge in [-0.25, -0.2) is 4.79 Å². The van der Waals surface area contributed by atoms with Crippen LogP contribution in [0, 0.1) is 0 Å². The molecule has 0 radical (unpaired) electrons. The van der Waals surface area contributed by atoms with Gasteiger partial charge < -0.3 is 21.1 Å². The molecule has 0 atom stereocenters.